The molecule has 0 saturated carbocycles. The van der Waals surface area contributed by atoms with E-state index in [-0.39, 0.29) is 5.41 Å². The number of nitrogens with one attached hydrogen (secondary N) is 2. The molecule has 2 aliphatic heterocycles. The molecule has 2 nitrogen and oxygen atoms in total. The number of anilines is 1. The first-order chi connectivity index (χ1) is 7.33. The van der Waals surface area contributed by atoms with E-state index in [1.54, 1.807) is 0 Å². The van der Waals surface area contributed by atoms with E-state index in [9.17, 15) is 0 Å². The molecular weight excluding hydrogens is 184 g/mol. The number of para-hydroxylation sites is 1. The SMILES string of the molecule is C=C1Nc2ccccc2C12CCNCC2. The average Bonchev–Trinajstić information content (AvgIpc) is 2.55. The van der Waals surface area contributed by atoms with Gasteiger partial charge in [0.2, 0.25) is 0 Å². The Morgan fingerprint density at radius 1 is 1.13 bits per heavy atom. The van der Waals surface area contributed by atoms with E-state index in [1.807, 2.05) is 0 Å². The molecule has 0 aliphatic carbocycles. The zero-order chi connectivity index (χ0) is 10.3. The third-order valence-corrected chi connectivity index (χ3v) is 3.76. The Hall–Kier alpha value is -1.28. The molecule has 1 saturated heterocycles. The van der Waals surface area contributed by atoms with Gasteiger partial charge in [-0.1, -0.05) is 24.8 Å². The molecule has 0 atom stereocenters. The molecule has 0 unspecified atom stereocenters. The summed E-state index contributed by atoms with van der Waals surface area (Å²) in [7, 11) is 0. The number of allylic oxidation sites excluding steroid dienone is 1. The summed E-state index contributed by atoms with van der Waals surface area (Å²) in [4.78, 5) is 0. The molecule has 78 valence electrons. The second-order valence-electron chi connectivity index (χ2n) is 4.48. The van der Waals surface area contributed by atoms with E-state index in [0.717, 1.165) is 25.9 Å². The normalized spacial score (nSPS) is 22.5. The van der Waals surface area contributed by atoms with Crippen LogP contribution in [-0.4, -0.2) is 13.1 Å². The highest BCUT2D eigenvalue weighted by atomic mass is 15.0. The van der Waals surface area contributed by atoms with Crippen LogP contribution in [0.5, 0.6) is 0 Å². The van der Waals surface area contributed by atoms with Crippen molar-refractivity contribution in [3.05, 3.63) is 42.1 Å². The molecule has 1 fully saturated rings. The van der Waals surface area contributed by atoms with Crippen LogP contribution in [0.15, 0.2) is 36.5 Å². The monoisotopic (exact) mass is 200 g/mol. The molecule has 1 aromatic rings. The van der Waals surface area contributed by atoms with Crippen molar-refractivity contribution in [3.8, 4) is 0 Å². The minimum atomic E-state index is 0.196. The van der Waals surface area contributed by atoms with E-state index in [0.29, 0.717) is 0 Å². The standard InChI is InChI=1S/C13H16N2/c1-10-13(6-8-14-9-7-13)11-4-2-3-5-12(11)15-10/h2-5,14-15H,1,6-9H2. The maximum Gasteiger partial charge on any atom is 0.0424 e. The summed E-state index contributed by atoms with van der Waals surface area (Å²) in [6.45, 7) is 6.39. The smallest absolute Gasteiger partial charge is 0.0424 e. The number of fused-ring (bicyclic) bond motifs is 2. The van der Waals surface area contributed by atoms with Crippen LogP contribution in [0.3, 0.4) is 0 Å². The fraction of sp³-hybridized carbons (Fsp3) is 0.385. The highest BCUT2D eigenvalue weighted by Crippen LogP contribution is 2.48. The molecule has 2 aliphatic rings. The van der Waals surface area contributed by atoms with Gasteiger partial charge < -0.3 is 10.6 Å². The second-order valence-corrected chi connectivity index (χ2v) is 4.48. The molecule has 0 aromatic heterocycles. The summed E-state index contributed by atoms with van der Waals surface area (Å²) in [6.07, 6.45) is 2.33. The van der Waals surface area contributed by atoms with Gasteiger partial charge >= 0.3 is 0 Å². The lowest BCUT2D eigenvalue weighted by molar-refractivity contribution is 0.367. The number of rotatable bonds is 0. The maximum atomic E-state index is 4.21. The Labute approximate surface area is 90.4 Å². The van der Waals surface area contributed by atoms with Crippen LogP contribution in [0.4, 0.5) is 5.69 Å². The van der Waals surface area contributed by atoms with E-state index >= 15 is 0 Å². The van der Waals surface area contributed by atoms with Crippen molar-refractivity contribution in [2.24, 2.45) is 0 Å². The highest BCUT2D eigenvalue weighted by molar-refractivity contribution is 5.68. The molecule has 15 heavy (non-hydrogen) atoms. The van der Waals surface area contributed by atoms with Gasteiger partial charge in [-0.3, -0.25) is 0 Å². The third kappa shape index (κ3) is 1.15. The lowest BCUT2D eigenvalue weighted by atomic mass is 9.73. The molecule has 2 heteroatoms. The average molecular weight is 200 g/mol. The van der Waals surface area contributed by atoms with Crippen LogP contribution in [0.1, 0.15) is 18.4 Å². The summed E-state index contributed by atoms with van der Waals surface area (Å²) in [5.74, 6) is 0. The van der Waals surface area contributed by atoms with Crippen molar-refractivity contribution in [1.29, 1.82) is 0 Å². The summed E-state index contributed by atoms with van der Waals surface area (Å²) in [5, 5.41) is 6.85. The summed E-state index contributed by atoms with van der Waals surface area (Å²) in [6, 6.07) is 8.60. The minimum Gasteiger partial charge on any atom is -0.358 e. The Morgan fingerprint density at radius 2 is 1.87 bits per heavy atom. The van der Waals surface area contributed by atoms with Crippen molar-refractivity contribution < 1.29 is 0 Å². The van der Waals surface area contributed by atoms with Crippen LogP contribution in [0.2, 0.25) is 0 Å². The maximum absolute atomic E-state index is 4.21. The van der Waals surface area contributed by atoms with Crippen molar-refractivity contribution in [1.82, 2.24) is 5.32 Å². The Bertz CT molecular complexity index is 403. The molecule has 0 radical (unpaired) electrons. The van der Waals surface area contributed by atoms with Gasteiger partial charge in [-0.15, -0.1) is 0 Å². The minimum absolute atomic E-state index is 0.196. The van der Waals surface area contributed by atoms with Gasteiger partial charge in [0.05, 0.1) is 0 Å². The molecule has 1 aromatic carbocycles. The second kappa shape index (κ2) is 3.11. The predicted octanol–water partition coefficient (Wildman–Crippen LogP) is 2.25. The zero-order valence-electron chi connectivity index (χ0n) is 8.84. The summed E-state index contributed by atoms with van der Waals surface area (Å²) in [5.41, 5.74) is 4.08. The lowest BCUT2D eigenvalue weighted by Gasteiger charge is -2.35. The molecular formula is C13H16N2. The molecule has 0 amide bonds. The molecule has 3 rings (SSSR count). The van der Waals surface area contributed by atoms with E-state index in [2.05, 4.69) is 41.5 Å². The fourth-order valence-corrected chi connectivity index (χ4v) is 2.88. The van der Waals surface area contributed by atoms with Crippen molar-refractivity contribution >= 4 is 5.69 Å². The van der Waals surface area contributed by atoms with Crippen molar-refractivity contribution in [2.75, 3.05) is 18.4 Å². The van der Waals surface area contributed by atoms with Crippen molar-refractivity contribution in [2.45, 2.75) is 18.3 Å². The van der Waals surface area contributed by atoms with Crippen LogP contribution >= 0.6 is 0 Å². The fourth-order valence-electron chi connectivity index (χ4n) is 2.88. The first-order valence-corrected chi connectivity index (χ1v) is 5.60. The molecule has 1 spiro atoms. The molecule has 2 heterocycles. The Kier molecular flexibility index (Phi) is 1.86. The van der Waals surface area contributed by atoms with E-state index in [1.165, 1.54) is 16.9 Å². The van der Waals surface area contributed by atoms with Crippen molar-refractivity contribution in [3.63, 3.8) is 0 Å². The lowest BCUT2D eigenvalue weighted by Crippen LogP contribution is -2.39. The Morgan fingerprint density at radius 3 is 2.67 bits per heavy atom. The number of hydrogen-bond donors (Lipinski definition) is 2. The third-order valence-electron chi connectivity index (χ3n) is 3.76. The molecule has 0 bridgehead atoms. The quantitative estimate of drug-likeness (QED) is 0.671. The largest absolute Gasteiger partial charge is 0.358 e. The van der Waals surface area contributed by atoms with Gasteiger partial charge in [0.15, 0.2) is 0 Å². The van der Waals surface area contributed by atoms with Gasteiger partial charge in [-0.25, -0.2) is 0 Å². The first-order valence-electron chi connectivity index (χ1n) is 5.60. The van der Waals surface area contributed by atoms with Crippen LogP contribution in [-0.2, 0) is 5.41 Å². The van der Waals surface area contributed by atoms with Crippen LogP contribution in [0.25, 0.3) is 0 Å². The molecule has 2 N–H and O–H groups in total. The first kappa shape index (κ1) is 8.98. The number of hydrogen-bond acceptors (Lipinski definition) is 2. The summed E-state index contributed by atoms with van der Waals surface area (Å²) >= 11 is 0. The predicted molar refractivity (Wildman–Crippen MR) is 63.0 cm³/mol. The van der Waals surface area contributed by atoms with Crippen LogP contribution < -0.4 is 10.6 Å². The number of benzene rings is 1. The number of piperidine rings is 1. The van der Waals surface area contributed by atoms with Gasteiger partial charge in [-0.05, 0) is 37.6 Å². The zero-order valence-corrected chi connectivity index (χ0v) is 8.84. The van der Waals surface area contributed by atoms with Gasteiger partial charge in [0.1, 0.15) is 0 Å². The topological polar surface area (TPSA) is 24.1 Å². The van der Waals surface area contributed by atoms with E-state index in [4.69, 9.17) is 0 Å². The van der Waals surface area contributed by atoms with Gasteiger partial charge in [-0.2, -0.15) is 0 Å². The summed E-state index contributed by atoms with van der Waals surface area (Å²) < 4.78 is 0. The van der Waals surface area contributed by atoms with Crippen LogP contribution in [0, 0.1) is 0 Å². The van der Waals surface area contributed by atoms with Gasteiger partial charge in [0, 0.05) is 16.8 Å². The Balaban J connectivity index is 2.11. The van der Waals surface area contributed by atoms with E-state index < -0.39 is 0 Å². The highest BCUT2D eigenvalue weighted by Gasteiger charge is 2.42. The van der Waals surface area contributed by atoms with Gasteiger partial charge in [0.25, 0.3) is 0 Å².